The Kier molecular flexibility index (Phi) is 6.40. The summed E-state index contributed by atoms with van der Waals surface area (Å²) in [5.74, 6) is -0.549. The molecule has 1 aliphatic rings. The maximum Gasteiger partial charge on any atom is 0.260 e. The molecule has 0 bridgehead atoms. The molecule has 1 saturated heterocycles. The van der Waals surface area contributed by atoms with Crippen molar-refractivity contribution < 1.29 is 13.9 Å². The fourth-order valence-corrected chi connectivity index (χ4v) is 4.58. The van der Waals surface area contributed by atoms with Crippen molar-refractivity contribution in [2.45, 2.75) is 6.42 Å². The summed E-state index contributed by atoms with van der Waals surface area (Å²) in [7, 11) is 0. The Hall–Kier alpha value is -2.06. The van der Waals surface area contributed by atoms with Gasteiger partial charge in [-0.2, -0.15) is 0 Å². The van der Waals surface area contributed by atoms with E-state index in [1.165, 1.54) is 35.6 Å². The molecule has 0 radical (unpaired) electrons. The zero-order valence-corrected chi connectivity index (χ0v) is 17.4. The highest BCUT2D eigenvalue weighted by molar-refractivity contribution is 7.22. The number of ether oxygens (including phenoxy) is 1. The number of carbonyl (C=O) groups is 1. The van der Waals surface area contributed by atoms with Crippen molar-refractivity contribution in [2.75, 3.05) is 44.3 Å². The second-order valence-electron chi connectivity index (χ2n) is 6.88. The van der Waals surface area contributed by atoms with E-state index in [-0.39, 0.29) is 11.7 Å². The summed E-state index contributed by atoms with van der Waals surface area (Å²) < 4.78 is 19.6. The predicted octanol–water partition coefficient (Wildman–Crippen LogP) is 4.46. The molecular formula is C21H21ClFN3O2S. The molecule has 0 saturated carbocycles. The van der Waals surface area contributed by atoms with Crippen LogP contribution in [0.25, 0.3) is 10.2 Å². The number of benzene rings is 2. The molecule has 1 aliphatic heterocycles. The van der Waals surface area contributed by atoms with Crippen molar-refractivity contribution in [2.24, 2.45) is 0 Å². The number of rotatable bonds is 6. The van der Waals surface area contributed by atoms with Crippen LogP contribution in [-0.4, -0.2) is 55.2 Å². The molecule has 3 aromatic rings. The van der Waals surface area contributed by atoms with Crippen LogP contribution in [0.15, 0.2) is 42.5 Å². The lowest BCUT2D eigenvalue weighted by atomic mass is 10.2. The standard InChI is InChI=1S/C21H21ClFN3O2S/c22-16-4-7-18-19(14-16)29-21(24-18)26(9-1-8-25-10-12-28-13-11-25)20(27)15-2-5-17(23)6-3-15/h2-7,14H,1,8-13H2. The highest BCUT2D eigenvalue weighted by Crippen LogP contribution is 2.31. The third-order valence-corrected chi connectivity index (χ3v) is 6.14. The molecule has 2 aromatic carbocycles. The van der Waals surface area contributed by atoms with Crippen molar-refractivity contribution in [1.29, 1.82) is 0 Å². The van der Waals surface area contributed by atoms with Crippen molar-refractivity contribution >= 4 is 44.2 Å². The number of morpholine rings is 1. The van der Waals surface area contributed by atoms with Crippen LogP contribution in [0.2, 0.25) is 5.02 Å². The minimum Gasteiger partial charge on any atom is -0.379 e. The van der Waals surface area contributed by atoms with Gasteiger partial charge in [0, 0.05) is 36.8 Å². The Bertz CT molecular complexity index is 989. The van der Waals surface area contributed by atoms with Crippen molar-refractivity contribution in [3.05, 3.63) is 58.9 Å². The molecule has 5 nitrogen and oxygen atoms in total. The van der Waals surface area contributed by atoms with Gasteiger partial charge in [0.15, 0.2) is 5.13 Å². The summed E-state index contributed by atoms with van der Waals surface area (Å²) >= 11 is 7.53. The van der Waals surface area contributed by atoms with Gasteiger partial charge in [-0.05, 0) is 48.9 Å². The molecule has 152 valence electrons. The normalized spacial score (nSPS) is 15.0. The van der Waals surface area contributed by atoms with E-state index in [1.807, 2.05) is 12.1 Å². The summed E-state index contributed by atoms with van der Waals surface area (Å²) in [4.78, 5) is 21.9. The van der Waals surface area contributed by atoms with Crippen LogP contribution in [0.5, 0.6) is 0 Å². The van der Waals surface area contributed by atoms with Gasteiger partial charge >= 0.3 is 0 Å². The average Bonchev–Trinajstić information content (AvgIpc) is 3.15. The van der Waals surface area contributed by atoms with E-state index in [0.717, 1.165) is 49.5 Å². The summed E-state index contributed by atoms with van der Waals surface area (Å²) in [6.45, 7) is 4.72. The van der Waals surface area contributed by atoms with Gasteiger partial charge in [0.1, 0.15) is 5.82 Å². The molecule has 1 fully saturated rings. The SMILES string of the molecule is O=C(c1ccc(F)cc1)N(CCCN1CCOCC1)c1nc2ccc(Cl)cc2s1. The molecule has 0 atom stereocenters. The van der Waals surface area contributed by atoms with Crippen molar-refractivity contribution in [3.8, 4) is 0 Å². The fourth-order valence-electron chi connectivity index (χ4n) is 3.31. The van der Waals surface area contributed by atoms with E-state index in [2.05, 4.69) is 9.88 Å². The monoisotopic (exact) mass is 433 g/mol. The van der Waals surface area contributed by atoms with E-state index in [0.29, 0.717) is 22.3 Å². The minimum atomic E-state index is -0.366. The Morgan fingerprint density at radius 1 is 1.21 bits per heavy atom. The summed E-state index contributed by atoms with van der Waals surface area (Å²) in [5.41, 5.74) is 1.24. The Morgan fingerprint density at radius 3 is 2.72 bits per heavy atom. The van der Waals surface area contributed by atoms with E-state index >= 15 is 0 Å². The second kappa shape index (κ2) is 9.17. The first-order valence-corrected chi connectivity index (χ1v) is 10.7. The van der Waals surface area contributed by atoms with Crippen LogP contribution < -0.4 is 4.90 Å². The molecule has 1 aromatic heterocycles. The van der Waals surface area contributed by atoms with E-state index in [4.69, 9.17) is 16.3 Å². The third kappa shape index (κ3) is 4.93. The Balaban J connectivity index is 1.56. The van der Waals surface area contributed by atoms with Gasteiger partial charge in [-0.15, -0.1) is 0 Å². The van der Waals surface area contributed by atoms with Gasteiger partial charge in [0.2, 0.25) is 0 Å². The van der Waals surface area contributed by atoms with Gasteiger partial charge in [-0.25, -0.2) is 9.37 Å². The second-order valence-corrected chi connectivity index (χ2v) is 8.33. The molecule has 0 N–H and O–H groups in total. The maximum absolute atomic E-state index is 13.3. The van der Waals surface area contributed by atoms with Crippen LogP contribution >= 0.6 is 22.9 Å². The summed E-state index contributed by atoms with van der Waals surface area (Å²) in [6, 6.07) is 11.1. The van der Waals surface area contributed by atoms with Crippen molar-refractivity contribution in [3.63, 3.8) is 0 Å². The largest absolute Gasteiger partial charge is 0.379 e. The quantitative estimate of drug-likeness (QED) is 0.575. The van der Waals surface area contributed by atoms with Gasteiger partial charge in [-0.3, -0.25) is 14.6 Å². The zero-order valence-electron chi connectivity index (χ0n) is 15.8. The van der Waals surface area contributed by atoms with Gasteiger partial charge in [-0.1, -0.05) is 22.9 Å². The molecule has 2 heterocycles. The number of nitrogens with zero attached hydrogens (tertiary/aromatic N) is 3. The van der Waals surface area contributed by atoms with Crippen LogP contribution in [0.1, 0.15) is 16.8 Å². The molecule has 1 amide bonds. The Labute approximate surface area is 177 Å². The number of hydrogen-bond acceptors (Lipinski definition) is 5. The van der Waals surface area contributed by atoms with Gasteiger partial charge < -0.3 is 4.74 Å². The number of aromatic nitrogens is 1. The van der Waals surface area contributed by atoms with Crippen LogP contribution in [-0.2, 0) is 4.74 Å². The fraction of sp³-hybridized carbons (Fsp3) is 0.333. The molecule has 8 heteroatoms. The van der Waals surface area contributed by atoms with Crippen LogP contribution in [0, 0.1) is 5.82 Å². The summed E-state index contributed by atoms with van der Waals surface area (Å²) in [6.07, 6.45) is 0.809. The van der Waals surface area contributed by atoms with Crippen LogP contribution in [0.4, 0.5) is 9.52 Å². The van der Waals surface area contributed by atoms with E-state index in [9.17, 15) is 9.18 Å². The number of amides is 1. The van der Waals surface area contributed by atoms with Gasteiger partial charge in [0.05, 0.1) is 23.4 Å². The number of thiazole rings is 1. The average molecular weight is 434 g/mol. The molecular weight excluding hydrogens is 413 g/mol. The first-order chi connectivity index (χ1) is 14.1. The van der Waals surface area contributed by atoms with Crippen LogP contribution in [0.3, 0.4) is 0 Å². The third-order valence-electron chi connectivity index (χ3n) is 4.87. The number of halogens is 2. The molecule has 0 spiro atoms. The molecule has 4 rings (SSSR count). The maximum atomic E-state index is 13.3. The Morgan fingerprint density at radius 2 is 1.97 bits per heavy atom. The first-order valence-electron chi connectivity index (χ1n) is 9.54. The highest BCUT2D eigenvalue weighted by atomic mass is 35.5. The smallest absolute Gasteiger partial charge is 0.260 e. The first kappa shape index (κ1) is 20.2. The van der Waals surface area contributed by atoms with E-state index < -0.39 is 0 Å². The van der Waals surface area contributed by atoms with Crippen molar-refractivity contribution in [1.82, 2.24) is 9.88 Å². The van der Waals surface area contributed by atoms with E-state index in [1.54, 1.807) is 11.0 Å². The molecule has 0 aliphatic carbocycles. The lowest BCUT2D eigenvalue weighted by Gasteiger charge is -2.27. The minimum absolute atomic E-state index is 0.183. The summed E-state index contributed by atoms with van der Waals surface area (Å²) in [5, 5.41) is 1.26. The zero-order chi connectivity index (χ0) is 20.2. The lowest BCUT2D eigenvalue weighted by Crippen LogP contribution is -2.39. The number of carbonyl (C=O) groups excluding carboxylic acids is 1. The number of hydrogen-bond donors (Lipinski definition) is 0. The topological polar surface area (TPSA) is 45.7 Å². The molecule has 0 unspecified atom stereocenters. The highest BCUT2D eigenvalue weighted by Gasteiger charge is 2.22. The number of fused-ring (bicyclic) bond motifs is 1. The van der Waals surface area contributed by atoms with Gasteiger partial charge in [0.25, 0.3) is 5.91 Å². The molecule has 29 heavy (non-hydrogen) atoms. The number of anilines is 1. The predicted molar refractivity (Wildman–Crippen MR) is 115 cm³/mol. The lowest BCUT2D eigenvalue weighted by molar-refractivity contribution is 0.0376.